The molecule has 5 aromatic rings. The van der Waals surface area contributed by atoms with Crippen LogP contribution in [0.1, 0.15) is 82.0 Å². The maximum Gasteiger partial charge on any atom is 0.295 e. The maximum atomic E-state index is 14.9. The standard InChI is InChI=1S/C39H43FN10O3/c1-23(2)49-21-42-31-18-30(45-34(33(31)49)44-29-7-11-41-19-28(29)40)24-5-6-27-32(15-24)50(26-16-25(17-26)48-12-8-38(3,4)20-48)37(52)39(27)9-13-47(14-10-39)36(51)35-43-22-53-46-35/h5-7,11,15,18-19,21-23,25-26H,8-10,12-14,16-17,20H2,1-4H3,(H,41,44,45)/t25-,26+. The van der Waals surface area contributed by atoms with Gasteiger partial charge < -0.3 is 24.2 Å². The Morgan fingerprint density at radius 3 is 2.55 bits per heavy atom. The Morgan fingerprint density at radius 2 is 1.85 bits per heavy atom. The normalized spacial score (nSPS) is 22.2. The lowest BCUT2D eigenvalue weighted by molar-refractivity contribution is -0.125. The molecule has 0 bridgehead atoms. The van der Waals surface area contributed by atoms with Crippen molar-refractivity contribution in [2.75, 3.05) is 36.4 Å². The average Bonchev–Trinajstić information content (AvgIpc) is 3.93. The van der Waals surface area contributed by atoms with E-state index in [4.69, 9.17) is 14.5 Å². The number of carbonyl (C=O) groups excluding carboxylic acids is 2. The summed E-state index contributed by atoms with van der Waals surface area (Å²) in [4.78, 5) is 52.0. The Morgan fingerprint density at radius 1 is 1.04 bits per heavy atom. The number of nitrogens with zero attached hydrogens (tertiary/aromatic N) is 9. The number of hydrogen-bond donors (Lipinski definition) is 1. The zero-order valence-electron chi connectivity index (χ0n) is 30.4. The predicted octanol–water partition coefficient (Wildman–Crippen LogP) is 6.12. The fraction of sp³-hybridized carbons (Fsp3) is 0.462. The van der Waals surface area contributed by atoms with Crippen molar-refractivity contribution in [3.63, 3.8) is 0 Å². The minimum atomic E-state index is -0.748. The summed E-state index contributed by atoms with van der Waals surface area (Å²) in [6.45, 7) is 11.8. The largest absolute Gasteiger partial charge is 0.342 e. The fourth-order valence-corrected chi connectivity index (χ4v) is 8.92. The van der Waals surface area contributed by atoms with Crippen molar-refractivity contribution in [1.29, 1.82) is 0 Å². The highest BCUT2D eigenvalue weighted by atomic mass is 19.1. The first-order valence-electron chi connectivity index (χ1n) is 18.5. The molecular formula is C39H43FN10O3. The van der Waals surface area contributed by atoms with Gasteiger partial charge in [-0.25, -0.2) is 14.4 Å². The smallest absolute Gasteiger partial charge is 0.295 e. The molecule has 0 radical (unpaired) electrons. The third-order valence-corrected chi connectivity index (χ3v) is 12.0. The number of anilines is 3. The molecule has 274 valence electrons. The quantitative estimate of drug-likeness (QED) is 0.209. The Kier molecular flexibility index (Phi) is 7.88. The van der Waals surface area contributed by atoms with E-state index in [2.05, 4.69) is 70.1 Å². The molecule has 13 nitrogen and oxygen atoms in total. The second-order valence-corrected chi connectivity index (χ2v) is 16.1. The second kappa shape index (κ2) is 12.4. The van der Waals surface area contributed by atoms with E-state index in [-0.39, 0.29) is 35.4 Å². The number of imidazole rings is 1. The molecule has 1 aliphatic carbocycles. The molecule has 2 saturated heterocycles. The van der Waals surface area contributed by atoms with Crippen LogP contribution in [0.3, 0.4) is 0 Å². The lowest BCUT2D eigenvalue weighted by Gasteiger charge is -2.46. The van der Waals surface area contributed by atoms with Gasteiger partial charge in [-0.3, -0.25) is 19.5 Å². The zero-order chi connectivity index (χ0) is 36.6. The van der Waals surface area contributed by atoms with Crippen LogP contribution >= 0.6 is 0 Å². The molecule has 3 fully saturated rings. The van der Waals surface area contributed by atoms with Crippen LogP contribution in [0, 0.1) is 11.2 Å². The number of hydrogen-bond acceptors (Lipinski definition) is 10. The number of halogens is 1. The topological polar surface area (TPSA) is 138 Å². The summed E-state index contributed by atoms with van der Waals surface area (Å²) in [7, 11) is 0. The molecular weight excluding hydrogens is 675 g/mol. The fourth-order valence-electron chi connectivity index (χ4n) is 8.92. The van der Waals surface area contributed by atoms with Gasteiger partial charge in [0.25, 0.3) is 11.7 Å². The van der Waals surface area contributed by atoms with Gasteiger partial charge in [-0.1, -0.05) is 31.1 Å². The first-order valence-corrected chi connectivity index (χ1v) is 18.5. The molecule has 3 aliphatic heterocycles. The number of rotatable bonds is 7. The van der Waals surface area contributed by atoms with E-state index in [9.17, 15) is 14.0 Å². The highest BCUT2D eigenvalue weighted by molar-refractivity contribution is 6.09. The number of piperidine rings is 1. The number of aromatic nitrogens is 6. The number of likely N-dealkylation sites (tertiary alicyclic amines) is 2. The van der Waals surface area contributed by atoms with E-state index in [0.717, 1.165) is 60.2 Å². The SMILES string of the molecule is CC(C)n1cnc2cc(-c3ccc4c(c3)N([C@H]3C[C@@H](N5CCC(C)(C)C5)C3)C(=O)C43CCN(C(=O)c4ncon4)CC3)nc(Nc3ccncc3F)c21. The summed E-state index contributed by atoms with van der Waals surface area (Å²) in [5, 5.41) is 6.96. The molecule has 2 amide bonds. The van der Waals surface area contributed by atoms with Gasteiger partial charge in [0.15, 0.2) is 11.6 Å². The monoisotopic (exact) mass is 718 g/mol. The third-order valence-electron chi connectivity index (χ3n) is 12.0. The van der Waals surface area contributed by atoms with Crippen LogP contribution in [0.15, 0.2) is 60.0 Å². The van der Waals surface area contributed by atoms with Gasteiger partial charge >= 0.3 is 0 Å². The molecule has 1 aromatic carbocycles. The molecule has 7 heterocycles. The van der Waals surface area contributed by atoms with Crippen LogP contribution in [0.2, 0.25) is 0 Å². The van der Waals surface area contributed by atoms with Crippen molar-refractivity contribution in [3.05, 3.63) is 72.7 Å². The van der Waals surface area contributed by atoms with Crippen LogP contribution in [-0.4, -0.2) is 89.5 Å². The molecule has 53 heavy (non-hydrogen) atoms. The lowest BCUT2D eigenvalue weighted by atomic mass is 9.73. The number of nitrogens with one attached hydrogen (secondary N) is 1. The summed E-state index contributed by atoms with van der Waals surface area (Å²) in [6.07, 6.45) is 9.67. The van der Waals surface area contributed by atoms with Crippen LogP contribution in [0.4, 0.5) is 21.6 Å². The molecule has 14 heteroatoms. The summed E-state index contributed by atoms with van der Waals surface area (Å²) in [6, 6.07) is 10.4. The van der Waals surface area contributed by atoms with E-state index in [0.29, 0.717) is 48.9 Å². The zero-order valence-corrected chi connectivity index (χ0v) is 30.4. The Labute approximate surface area is 306 Å². The van der Waals surface area contributed by atoms with Gasteiger partial charge in [-0.2, -0.15) is 4.98 Å². The van der Waals surface area contributed by atoms with Gasteiger partial charge in [-0.05, 0) is 81.7 Å². The first kappa shape index (κ1) is 33.6. The summed E-state index contributed by atoms with van der Waals surface area (Å²) in [5.74, 6) is -0.163. The summed E-state index contributed by atoms with van der Waals surface area (Å²) < 4.78 is 21.7. The highest BCUT2D eigenvalue weighted by Crippen LogP contribution is 2.52. The van der Waals surface area contributed by atoms with Crippen LogP contribution in [0.25, 0.3) is 22.3 Å². The average molecular weight is 719 g/mol. The Hall–Kier alpha value is -5.24. The minimum Gasteiger partial charge on any atom is -0.342 e. The van der Waals surface area contributed by atoms with Crippen molar-refractivity contribution in [2.45, 2.75) is 83.3 Å². The van der Waals surface area contributed by atoms with Gasteiger partial charge in [0.05, 0.1) is 34.8 Å². The van der Waals surface area contributed by atoms with Crippen LogP contribution in [-0.2, 0) is 10.2 Å². The van der Waals surface area contributed by atoms with E-state index in [1.807, 2.05) is 16.7 Å². The van der Waals surface area contributed by atoms with Crippen LogP contribution < -0.4 is 10.2 Å². The van der Waals surface area contributed by atoms with E-state index < -0.39 is 11.2 Å². The predicted molar refractivity (Wildman–Crippen MR) is 196 cm³/mol. The summed E-state index contributed by atoms with van der Waals surface area (Å²) >= 11 is 0. The Balaban J connectivity index is 1.09. The number of fused-ring (bicyclic) bond motifs is 3. The third kappa shape index (κ3) is 5.56. The lowest BCUT2D eigenvalue weighted by Crippen LogP contribution is -2.57. The van der Waals surface area contributed by atoms with Crippen molar-refractivity contribution >= 4 is 40.0 Å². The van der Waals surface area contributed by atoms with Gasteiger partial charge in [0, 0.05) is 55.2 Å². The van der Waals surface area contributed by atoms with Crippen molar-refractivity contribution in [2.24, 2.45) is 5.41 Å². The van der Waals surface area contributed by atoms with E-state index in [1.54, 1.807) is 17.3 Å². The van der Waals surface area contributed by atoms with E-state index in [1.165, 1.54) is 18.8 Å². The van der Waals surface area contributed by atoms with E-state index >= 15 is 0 Å². The van der Waals surface area contributed by atoms with Crippen molar-refractivity contribution in [1.82, 2.24) is 39.5 Å². The minimum absolute atomic E-state index is 0.0270. The Bertz CT molecular complexity index is 2220. The molecule has 0 unspecified atom stereocenters. The van der Waals surface area contributed by atoms with Crippen molar-refractivity contribution in [3.8, 4) is 11.3 Å². The molecule has 4 aliphatic rings. The number of amides is 2. The molecule has 4 aromatic heterocycles. The summed E-state index contributed by atoms with van der Waals surface area (Å²) in [5.41, 5.74) is 4.70. The second-order valence-electron chi connectivity index (χ2n) is 16.1. The first-order chi connectivity index (χ1) is 25.5. The van der Waals surface area contributed by atoms with Gasteiger partial charge in [0.2, 0.25) is 12.3 Å². The molecule has 0 atom stereocenters. The highest BCUT2D eigenvalue weighted by Gasteiger charge is 2.56. The molecule has 1 N–H and O–H groups in total. The van der Waals surface area contributed by atoms with Crippen LogP contribution in [0.5, 0.6) is 0 Å². The molecule has 1 saturated carbocycles. The maximum absolute atomic E-state index is 14.9. The van der Waals surface area contributed by atoms with Gasteiger partial charge in [0.1, 0.15) is 5.52 Å². The number of carbonyl (C=O) groups is 2. The van der Waals surface area contributed by atoms with Gasteiger partial charge in [-0.15, -0.1) is 0 Å². The number of pyridine rings is 2. The molecule has 9 rings (SSSR count). The number of benzene rings is 1. The molecule has 1 spiro atoms. The van der Waals surface area contributed by atoms with Crippen molar-refractivity contribution < 1.29 is 18.5 Å².